The van der Waals surface area contributed by atoms with Gasteiger partial charge in [-0.15, -0.1) is 0 Å². The van der Waals surface area contributed by atoms with Gasteiger partial charge in [0, 0.05) is 36.9 Å². The first-order chi connectivity index (χ1) is 13.0. The predicted molar refractivity (Wildman–Crippen MR) is 105 cm³/mol. The maximum atomic E-state index is 12.2. The quantitative estimate of drug-likeness (QED) is 0.677. The molecule has 0 radical (unpaired) electrons. The van der Waals surface area contributed by atoms with Crippen LogP contribution in [0.2, 0.25) is 0 Å². The third-order valence-electron chi connectivity index (χ3n) is 4.49. The monoisotopic (exact) mass is 365 g/mol. The SMILES string of the molecule is CN(C)C(CNC(=O)C(=O)Nc1cccnc1)c1cn(C)c2ccccc12. The fourth-order valence-electron chi connectivity index (χ4n) is 3.10. The lowest BCUT2D eigenvalue weighted by Crippen LogP contribution is -2.40. The van der Waals surface area contributed by atoms with Gasteiger partial charge in [-0.3, -0.25) is 14.6 Å². The highest BCUT2D eigenvalue weighted by molar-refractivity contribution is 6.39. The minimum Gasteiger partial charge on any atom is -0.350 e. The number of hydrogen-bond donors (Lipinski definition) is 2. The summed E-state index contributed by atoms with van der Waals surface area (Å²) < 4.78 is 2.07. The minimum atomic E-state index is -0.710. The Bertz CT molecular complexity index is 949. The molecule has 1 atom stereocenters. The van der Waals surface area contributed by atoms with Gasteiger partial charge >= 0.3 is 11.8 Å². The molecule has 3 aromatic rings. The van der Waals surface area contributed by atoms with Crippen molar-refractivity contribution in [1.29, 1.82) is 0 Å². The Morgan fingerprint density at radius 3 is 2.63 bits per heavy atom. The fraction of sp³-hybridized carbons (Fsp3) is 0.250. The number of likely N-dealkylation sites (N-methyl/N-ethyl adjacent to an activating group) is 1. The van der Waals surface area contributed by atoms with Crippen LogP contribution in [0, 0.1) is 0 Å². The largest absolute Gasteiger partial charge is 0.350 e. The van der Waals surface area contributed by atoms with Crippen molar-refractivity contribution >= 4 is 28.4 Å². The summed E-state index contributed by atoms with van der Waals surface area (Å²) in [5, 5.41) is 6.40. The number of amides is 2. The summed E-state index contributed by atoms with van der Waals surface area (Å²) in [7, 11) is 5.90. The highest BCUT2D eigenvalue weighted by Crippen LogP contribution is 2.28. The van der Waals surface area contributed by atoms with Crippen LogP contribution < -0.4 is 10.6 Å². The number of fused-ring (bicyclic) bond motifs is 1. The van der Waals surface area contributed by atoms with Crippen molar-refractivity contribution < 1.29 is 9.59 Å². The standard InChI is InChI=1S/C20H23N5O2/c1-24(2)18(16-13-25(3)17-9-5-4-8-15(16)17)12-22-19(26)20(27)23-14-7-6-10-21-11-14/h4-11,13,18H,12H2,1-3H3,(H,22,26)(H,23,27). The molecule has 0 fully saturated rings. The van der Waals surface area contributed by atoms with Crippen LogP contribution in [0.25, 0.3) is 10.9 Å². The number of benzene rings is 1. The molecule has 2 aromatic heterocycles. The second-order valence-corrected chi connectivity index (χ2v) is 6.60. The summed E-state index contributed by atoms with van der Waals surface area (Å²) in [6.45, 7) is 0.320. The van der Waals surface area contributed by atoms with E-state index in [2.05, 4.69) is 38.5 Å². The number of anilines is 1. The van der Waals surface area contributed by atoms with Crippen molar-refractivity contribution in [3.63, 3.8) is 0 Å². The average molecular weight is 365 g/mol. The van der Waals surface area contributed by atoms with Gasteiger partial charge in [-0.05, 0) is 37.9 Å². The fourth-order valence-corrected chi connectivity index (χ4v) is 3.10. The van der Waals surface area contributed by atoms with Crippen LogP contribution in [-0.2, 0) is 16.6 Å². The van der Waals surface area contributed by atoms with Crippen LogP contribution in [0.3, 0.4) is 0 Å². The Morgan fingerprint density at radius 1 is 1.15 bits per heavy atom. The van der Waals surface area contributed by atoms with E-state index in [1.807, 2.05) is 38.2 Å². The van der Waals surface area contributed by atoms with Crippen LogP contribution in [0.5, 0.6) is 0 Å². The zero-order valence-corrected chi connectivity index (χ0v) is 15.6. The van der Waals surface area contributed by atoms with Crippen molar-refractivity contribution in [2.24, 2.45) is 7.05 Å². The van der Waals surface area contributed by atoms with Crippen LogP contribution in [-0.4, -0.2) is 46.9 Å². The van der Waals surface area contributed by atoms with E-state index in [1.165, 1.54) is 6.20 Å². The van der Waals surface area contributed by atoms with E-state index < -0.39 is 11.8 Å². The first-order valence-corrected chi connectivity index (χ1v) is 8.67. The van der Waals surface area contributed by atoms with Gasteiger partial charge < -0.3 is 20.1 Å². The number of nitrogens with one attached hydrogen (secondary N) is 2. The van der Waals surface area contributed by atoms with Crippen molar-refractivity contribution in [2.45, 2.75) is 6.04 Å². The summed E-state index contributed by atoms with van der Waals surface area (Å²) in [6, 6.07) is 11.4. The Labute approximate surface area is 158 Å². The molecular weight excluding hydrogens is 342 g/mol. The molecule has 0 bridgehead atoms. The van der Waals surface area contributed by atoms with Gasteiger partial charge in [0.25, 0.3) is 0 Å². The lowest BCUT2D eigenvalue weighted by atomic mass is 10.0. The number of carbonyl (C=O) groups excluding carboxylic acids is 2. The lowest BCUT2D eigenvalue weighted by Gasteiger charge is -2.24. The normalized spacial score (nSPS) is 12.1. The minimum absolute atomic E-state index is 0.0637. The van der Waals surface area contributed by atoms with E-state index >= 15 is 0 Å². The number of nitrogens with zero attached hydrogens (tertiary/aromatic N) is 3. The first-order valence-electron chi connectivity index (χ1n) is 8.67. The van der Waals surface area contributed by atoms with E-state index in [0.717, 1.165) is 16.5 Å². The molecule has 1 aromatic carbocycles. The number of carbonyl (C=O) groups is 2. The van der Waals surface area contributed by atoms with Gasteiger partial charge in [-0.1, -0.05) is 18.2 Å². The zero-order valence-electron chi connectivity index (χ0n) is 15.6. The third-order valence-corrected chi connectivity index (χ3v) is 4.49. The molecule has 0 spiro atoms. The molecule has 7 nitrogen and oxygen atoms in total. The van der Waals surface area contributed by atoms with Crippen LogP contribution in [0.1, 0.15) is 11.6 Å². The van der Waals surface area contributed by atoms with Gasteiger partial charge in [0.05, 0.1) is 17.9 Å². The summed E-state index contributed by atoms with van der Waals surface area (Å²) in [4.78, 5) is 30.2. The average Bonchev–Trinajstić information content (AvgIpc) is 2.99. The van der Waals surface area contributed by atoms with E-state index in [1.54, 1.807) is 18.3 Å². The summed E-state index contributed by atoms with van der Waals surface area (Å²) >= 11 is 0. The molecule has 0 aliphatic heterocycles. The van der Waals surface area contributed by atoms with Gasteiger partial charge in [-0.2, -0.15) is 0 Å². The molecule has 140 valence electrons. The van der Waals surface area contributed by atoms with E-state index in [0.29, 0.717) is 12.2 Å². The summed E-state index contributed by atoms with van der Waals surface area (Å²) in [5.41, 5.74) is 2.71. The number of aromatic nitrogens is 2. The topological polar surface area (TPSA) is 79.3 Å². The molecular formula is C20H23N5O2. The Hall–Kier alpha value is -3.19. The summed E-state index contributed by atoms with van der Waals surface area (Å²) in [6.07, 6.45) is 5.16. The number of pyridine rings is 1. The highest BCUT2D eigenvalue weighted by Gasteiger charge is 2.22. The van der Waals surface area contributed by atoms with Gasteiger partial charge in [0.1, 0.15) is 0 Å². The Kier molecular flexibility index (Phi) is 5.52. The Morgan fingerprint density at radius 2 is 1.93 bits per heavy atom. The second kappa shape index (κ2) is 8.01. The maximum Gasteiger partial charge on any atom is 0.313 e. The van der Waals surface area contributed by atoms with Crippen LogP contribution >= 0.6 is 0 Å². The Balaban J connectivity index is 1.71. The molecule has 0 aliphatic rings. The van der Waals surface area contributed by atoms with Crippen LogP contribution in [0.15, 0.2) is 55.0 Å². The third kappa shape index (κ3) is 4.15. The van der Waals surface area contributed by atoms with E-state index in [9.17, 15) is 9.59 Å². The molecule has 0 saturated heterocycles. The molecule has 1 unspecified atom stereocenters. The molecule has 2 heterocycles. The molecule has 2 N–H and O–H groups in total. The molecule has 0 aliphatic carbocycles. The van der Waals surface area contributed by atoms with Crippen molar-refractivity contribution in [1.82, 2.24) is 19.8 Å². The van der Waals surface area contributed by atoms with Gasteiger partial charge in [-0.25, -0.2) is 0 Å². The molecule has 0 saturated carbocycles. The number of hydrogen-bond acceptors (Lipinski definition) is 4. The smallest absolute Gasteiger partial charge is 0.313 e. The zero-order chi connectivity index (χ0) is 19.4. The first kappa shape index (κ1) is 18.6. The van der Waals surface area contributed by atoms with Gasteiger partial charge in [0.2, 0.25) is 0 Å². The van der Waals surface area contributed by atoms with E-state index in [4.69, 9.17) is 0 Å². The molecule has 3 rings (SSSR count). The number of rotatable bonds is 5. The van der Waals surface area contributed by atoms with Crippen molar-refractivity contribution in [2.75, 3.05) is 26.0 Å². The summed E-state index contributed by atoms with van der Waals surface area (Å²) in [5.74, 6) is -1.38. The van der Waals surface area contributed by atoms with Crippen molar-refractivity contribution in [3.05, 3.63) is 60.6 Å². The molecule has 2 amide bonds. The number of aryl methyl sites for hydroxylation is 1. The molecule has 7 heteroatoms. The maximum absolute atomic E-state index is 12.2. The number of para-hydroxylation sites is 1. The predicted octanol–water partition coefficient (Wildman–Crippen LogP) is 1.93. The second-order valence-electron chi connectivity index (χ2n) is 6.60. The highest BCUT2D eigenvalue weighted by atomic mass is 16.2. The van der Waals surface area contributed by atoms with Crippen LogP contribution in [0.4, 0.5) is 5.69 Å². The van der Waals surface area contributed by atoms with Crippen molar-refractivity contribution in [3.8, 4) is 0 Å². The lowest BCUT2D eigenvalue weighted by molar-refractivity contribution is -0.136. The molecule has 27 heavy (non-hydrogen) atoms. The van der Waals surface area contributed by atoms with Gasteiger partial charge in [0.15, 0.2) is 0 Å². The van der Waals surface area contributed by atoms with E-state index in [-0.39, 0.29) is 6.04 Å².